The van der Waals surface area contributed by atoms with E-state index in [0.717, 1.165) is 5.56 Å². The Hall–Kier alpha value is -1.42. The summed E-state index contributed by atoms with van der Waals surface area (Å²) in [5.41, 5.74) is 1.46. The molecule has 0 aliphatic rings. The minimum atomic E-state index is -0.817. The number of rotatable bonds is 4. The second-order valence-corrected chi connectivity index (χ2v) is 2.71. The van der Waals surface area contributed by atoms with Gasteiger partial charge in [0.25, 0.3) is 0 Å². The minimum Gasteiger partial charge on any atom is -0.481 e. The molecule has 0 atom stereocenters. The molecule has 4 nitrogen and oxygen atoms in total. The molecule has 0 radical (unpaired) electrons. The predicted octanol–water partition coefficient (Wildman–Crippen LogP) is 0.591. The highest BCUT2D eigenvalue weighted by Gasteiger charge is 2.00. The van der Waals surface area contributed by atoms with Gasteiger partial charge in [0.15, 0.2) is 0 Å². The molecule has 0 spiro atoms. The fourth-order valence-corrected chi connectivity index (χ4v) is 1.02. The Morgan fingerprint density at radius 2 is 2.31 bits per heavy atom. The molecular weight excluding hydrogens is 170 g/mol. The number of aryl methyl sites for hydroxylation is 1. The Bertz CT molecular complexity index is 299. The van der Waals surface area contributed by atoms with E-state index in [1.54, 1.807) is 18.3 Å². The van der Waals surface area contributed by atoms with Crippen LogP contribution in [0.4, 0.5) is 0 Å². The van der Waals surface area contributed by atoms with Crippen LogP contribution in [0.15, 0.2) is 18.3 Å². The summed E-state index contributed by atoms with van der Waals surface area (Å²) in [5.74, 6) is -0.817. The van der Waals surface area contributed by atoms with Crippen LogP contribution in [0, 0.1) is 0 Å². The summed E-state index contributed by atoms with van der Waals surface area (Å²) < 4.78 is 0. The third-order valence-electron chi connectivity index (χ3n) is 1.67. The number of aliphatic hydroxyl groups excluding tert-OH is 1. The molecule has 4 heteroatoms. The van der Waals surface area contributed by atoms with Crippen molar-refractivity contribution in [2.45, 2.75) is 19.4 Å². The van der Waals surface area contributed by atoms with Crippen LogP contribution in [0.1, 0.15) is 17.7 Å². The normalized spacial score (nSPS) is 9.92. The monoisotopic (exact) mass is 181 g/mol. The van der Waals surface area contributed by atoms with Gasteiger partial charge in [-0.1, -0.05) is 0 Å². The number of aliphatic hydroxyl groups is 1. The van der Waals surface area contributed by atoms with Gasteiger partial charge in [0.05, 0.1) is 12.3 Å². The van der Waals surface area contributed by atoms with E-state index in [-0.39, 0.29) is 13.0 Å². The van der Waals surface area contributed by atoms with E-state index in [2.05, 4.69) is 4.98 Å². The molecule has 0 amide bonds. The second-order valence-electron chi connectivity index (χ2n) is 2.71. The Labute approximate surface area is 75.9 Å². The van der Waals surface area contributed by atoms with Crippen molar-refractivity contribution in [2.75, 3.05) is 0 Å². The van der Waals surface area contributed by atoms with Crippen molar-refractivity contribution in [3.05, 3.63) is 29.6 Å². The first-order valence-electron chi connectivity index (χ1n) is 3.99. The quantitative estimate of drug-likeness (QED) is 0.713. The van der Waals surface area contributed by atoms with Crippen LogP contribution >= 0.6 is 0 Å². The zero-order valence-corrected chi connectivity index (χ0v) is 7.10. The first-order chi connectivity index (χ1) is 6.22. The molecule has 1 rings (SSSR count). The molecule has 13 heavy (non-hydrogen) atoms. The number of hydrogen-bond donors (Lipinski definition) is 2. The number of nitrogens with zero attached hydrogens (tertiary/aromatic N) is 1. The van der Waals surface area contributed by atoms with Crippen LogP contribution < -0.4 is 0 Å². The molecule has 1 heterocycles. The molecule has 1 aromatic heterocycles. The number of pyridine rings is 1. The molecule has 0 saturated carbocycles. The number of carboxylic acid groups (broad SMARTS) is 1. The molecule has 0 unspecified atom stereocenters. The molecule has 0 aromatic carbocycles. The van der Waals surface area contributed by atoms with Crippen molar-refractivity contribution in [2.24, 2.45) is 0 Å². The second kappa shape index (κ2) is 4.57. The van der Waals surface area contributed by atoms with E-state index >= 15 is 0 Å². The third-order valence-corrected chi connectivity index (χ3v) is 1.67. The van der Waals surface area contributed by atoms with Gasteiger partial charge in [-0.3, -0.25) is 9.78 Å². The number of carboxylic acids is 1. The maximum Gasteiger partial charge on any atom is 0.303 e. The van der Waals surface area contributed by atoms with Gasteiger partial charge in [-0.2, -0.15) is 0 Å². The molecule has 0 bridgehead atoms. The van der Waals surface area contributed by atoms with Crippen molar-refractivity contribution in [1.29, 1.82) is 0 Å². The van der Waals surface area contributed by atoms with E-state index in [9.17, 15) is 4.79 Å². The molecule has 0 saturated heterocycles. The largest absolute Gasteiger partial charge is 0.481 e. The van der Waals surface area contributed by atoms with Gasteiger partial charge in [-0.25, -0.2) is 0 Å². The summed E-state index contributed by atoms with van der Waals surface area (Å²) in [6.07, 6.45) is 2.16. The standard InChI is InChI=1S/C9H11NO3/c11-6-8-5-7(3-4-10-8)1-2-9(12)13/h3-5,11H,1-2,6H2,(H,12,13). The molecule has 0 aliphatic carbocycles. The zero-order chi connectivity index (χ0) is 9.68. The lowest BCUT2D eigenvalue weighted by Gasteiger charge is -2.00. The lowest BCUT2D eigenvalue weighted by atomic mass is 10.1. The highest BCUT2D eigenvalue weighted by atomic mass is 16.4. The SMILES string of the molecule is O=C(O)CCc1ccnc(CO)c1. The van der Waals surface area contributed by atoms with Crippen molar-refractivity contribution in [3.8, 4) is 0 Å². The third kappa shape index (κ3) is 3.21. The van der Waals surface area contributed by atoms with Crippen LogP contribution in [0.5, 0.6) is 0 Å². The van der Waals surface area contributed by atoms with Crippen LogP contribution in [0.25, 0.3) is 0 Å². The maximum absolute atomic E-state index is 10.3. The summed E-state index contributed by atoms with van der Waals surface area (Å²) in [6, 6.07) is 3.46. The van der Waals surface area contributed by atoms with Crippen molar-refractivity contribution >= 4 is 5.97 Å². The van der Waals surface area contributed by atoms with Gasteiger partial charge in [-0.15, -0.1) is 0 Å². The highest BCUT2D eigenvalue weighted by molar-refractivity contribution is 5.67. The summed E-state index contributed by atoms with van der Waals surface area (Å²) >= 11 is 0. The van der Waals surface area contributed by atoms with Crippen LogP contribution in [-0.4, -0.2) is 21.2 Å². The Morgan fingerprint density at radius 3 is 2.92 bits per heavy atom. The van der Waals surface area contributed by atoms with Crippen molar-refractivity contribution < 1.29 is 15.0 Å². The average Bonchev–Trinajstić information content (AvgIpc) is 2.15. The van der Waals surface area contributed by atoms with Gasteiger partial charge < -0.3 is 10.2 Å². The fraction of sp³-hybridized carbons (Fsp3) is 0.333. The van der Waals surface area contributed by atoms with E-state index in [1.807, 2.05) is 0 Å². The average molecular weight is 181 g/mol. The van der Waals surface area contributed by atoms with Gasteiger partial charge in [0.1, 0.15) is 0 Å². The smallest absolute Gasteiger partial charge is 0.303 e. The van der Waals surface area contributed by atoms with Crippen molar-refractivity contribution in [1.82, 2.24) is 4.98 Å². The van der Waals surface area contributed by atoms with Gasteiger partial charge in [0, 0.05) is 12.6 Å². The maximum atomic E-state index is 10.3. The summed E-state index contributed by atoms with van der Waals surface area (Å²) in [6.45, 7) is -0.110. The van der Waals surface area contributed by atoms with Crippen LogP contribution in [0.3, 0.4) is 0 Å². The molecule has 70 valence electrons. The number of aromatic nitrogens is 1. The van der Waals surface area contributed by atoms with Crippen molar-refractivity contribution in [3.63, 3.8) is 0 Å². The lowest BCUT2D eigenvalue weighted by Crippen LogP contribution is -1.98. The zero-order valence-electron chi connectivity index (χ0n) is 7.10. The summed E-state index contributed by atoms with van der Waals surface area (Å²) in [4.78, 5) is 14.1. The lowest BCUT2D eigenvalue weighted by molar-refractivity contribution is -0.136. The molecule has 0 fully saturated rings. The van der Waals surface area contributed by atoms with Gasteiger partial charge >= 0.3 is 5.97 Å². The molecule has 0 aliphatic heterocycles. The number of aliphatic carboxylic acids is 1. The first-order valence-corrected chi connectivity index (χ1v) is 3.99. The summed E-state index contributed by atoms with van der Waals surface area (Å²) in [7, 11) is 0. The Balaban J connectivity index is 2.61. The fourth-order valence-electron chi connectivity index (χ4n) is 1.02. The Morgan fingerprint density at radius 1 is 1.54 bits per heavy atom. The first kappa shape index (κ1) is 9.67. The minimum absolute atomic E-state index is 0.106. The highest BCUT2D eigenvalue weighted by Crippen LogP contribution is 2.04. The van der Waals surface area contributed by atoms with E-state index < -0.39 is 5.97 Å². The number of hydrogen-bond acceptors (Lipinski definition) is 3. The van der Waals surface area contributed by atoms with E-state index in [4.69, 9.17) is 10.2 Å². The van der Waals surface area contributed by atoms with E-state index in [0.29, 0.717) is 12.1 Å². The summed E-state index contributed by atoms with van der Waals surface area (Å²) in [5, 5.41) is 17.2. The van der Waals surface area contributed by atoms with E-state index in [1.165, 1.54) is 0 Å². The molecular formula is C9H11NO3. The van der Waals surface area contributed by atoms with Gasteiger partial charge in [-0.05, 0) is 24.1 Å². The number of carbonyl (C=O) groups is 1. The Kier molecular flexibility index (Phi) is 3.40. The molecule has 1 aromatic rings. The van der Waals surface area contributed by atoms with Crippen LogP contribution in [0.2, 0.25) is 0 Å². The van der Waals surface area contributed by atoms with Gasteiger partial charge in [0.2, 0.25) is 0 Å². The topological polar surface area (TPSA) is 70.4 Å². The molecule has 2 N–H and O–H groups in total. The van der Waals surface area contributed by atoms with Crippen LogP contribution in [-0.2, 0) is 17.8 Å². The predicted molar refractivity (Wildman–Crippen MR) is 46.1 cm³/mol.